The van der Waals surface area contributed by atoms with Crippen LogP contribution >= 0.6 is 0 Å². The Morgan fingerprint density at radius 3 is 2.55 bits per heavy atom. The standard InChI is InChI=1S/C18H14F3N5O2S/c1-29(27,25-13-5-3-2-4-6-13)11-14-10-26-9-12(7-8-15(26)22-14)16-23-17(28-24-16)18(19,20)21/h2-10H,11H2,1H3. The highest BCUT2D eigenvalue weighted by molar-refractivity contribution is 7.92. The maximum Gasteiger partial charge on any atom is 0.471 e. The van der Waals surface area contributed by atoms with E-state index < -0.39 is 21.8 Å². The number of halogens is 3. The number of pyridine rings is 1. The maximum atomic E-state index is 12.8. The second kappa shape index (κ2) is 6.99. The van der Waals surface area contributed by atoms with Gasteiger partial charge < -0.3 is 8.92 Å². The first-order chi connectivity index (χ1) is 13.7. The third-order valence-electron chi connectivity index (χ3n) is 3.90. The number of rotatable bonds is 4. The molecule has 150 valence electrons. The van der Waals surface area contributed by atoms with Crippen LogP contribution < -0.4 is 0 Å². The molecule has 0 radical (unpaired) electrons. The highest BCUT2D eigenvalue weighted by Crippen LogP contribution is 2.29. The van der Waals surface area contributed by atoms with Crippen molar-refractivity contribution in [2.24, 2.45) is 4.36 Å². The molecule has 4 rings (SSSR count). The number of fused-ring (bicyclic) bond motifs is 1. The molecule has 0 aliphatic rings. The van der Waals surface area contributed by atoms with Crippen molar-refractivity contribution in [2.75, 3.05) is 6.26 Å². The van der Waals surface area contributed by atoms with Crippen LogP contribution in [-0.4, -0.2) is 30.0 Å². The number of alkyl halides is 3. The van der Waals surface area contributed by atoms with E-state index in [-0.39, 0.29) is 11.6 Å². The molecule has 0 saturated heterocycles. The molecule has 0 saturated carbocycles. The molecule has 0 aliphatic carbocycles. The third-order valence-corrected chi connectivity index (χ3v) is 5.33. The molecule has 11 heteroatoms. The average molecular weight is 421 g/mol. The molecule has 1 unspecified atom stereocenters. The lowest BCUT2D eigenvalue weighted by Gasteiger charge is -2.01. The highest BCUT2D eigenvalue weighted by atomic mass is 32.2. The number of aromatic nitrogens is 4. The minimum atomic E-state index is -4.71. The molecule has 3 aromatic heterocycles. The zero-order chi connectivity index (χ0) is 20.6. The fourth-order valence-electron chi connectivity index (χ4n) is 2.72. The van der Waals surface area contributed by atoms with Crippen molar-refractivity contribution < 1.29 is 21.9 Å². The number of imidazole rings is 1. The van der Waals surface area contributed by atoms with Crippen LogP contribution in [0.2, 0.25) is 0 Å². The van der Waals surface area contributed by atoms with Gasteiger partial charge in [-0.3, -0.25) is 0 Å². The molecule has 1 aromatic carbocycles. The summed E-state index contributed by atoms with van der Waals surface area (Å²) in [6, 6.07) is 12.1. The van der Waals surface area contributed by atoms with Gasteiger partial charge in [-0.2, -0.15) is 22.5 Å². The predicted octanol–water partition coefficient (Wildman–Crippen LogP) is 4.33. The number of hydrogen-bond acceptors (Lipinski definition) is 6. The van der Waals surface area contributed by atoms with Gasteiger partial charge in [0.2, 0.25) is 5.82 Å². The normalized spacial score (nSPS) is 14.1. The van der Waals surface area contributed by atoms with Gasteiger partial charge in [0.05, 0.1) is 26.9 Å². The van der Waals surface area contributed by atoms with Crippen molar-refractivity contribution in [3.05, 3.63) is 66.4 Å². The molecular weight excluding hydrogens is 407 g/mol. The first-order valence-corrected chi connectivity index (χ1v) is 10.4. The van der Waals surface area contributed by atoms with Crippen LogP contribution in [0.25, 0.3) is 17.0 Å². The largest absolute Gasteiger partial charge is 0.471 e. The smallest absolute Gasteiger partial charge is 0.329 e. The molecule has 7 nitrogen and oxygen atoms in total. The number of nitrogens with zero attached hydrogens (tertiary/aromatic N) is 5. The summed E-state index contributed by atoms with van der Waals surface area (Å²) < 4.78 is 60.9. The molecule has 29 heavy (non-hydrogen) atoms. The number of benzene rings is 1. The van der Waals surface area contributed by atoms with Gasteiger partial charge in [-0.05, 0) is 24.3 Å². The summed E-state index contributed by atoms with van der Waals surface area (Å²) in [4.78, 5) is 7.77. The van der Waals surface area contributed by atoms with Gasteiger partial charge in [-0.15, -0.1) is 0 Å². The van der Waals surface area contributed by atoms with E-state index in [4.69, 9.17) is 0 Å². The van der Waals surface area contributed by atoms with E-state index in [1.165, 1.54) is 12.3 Å². The fraction of sp³-hybridized carbons (Fsp3) is 0.167. The van der Waals surface area contributed by atoms with Gasteiger partial charge in [0, 0.05) is 24.2 Å². The van der Waals surface area contributed by atoms with E-state index in [0.717, 1.165) is 0 Å². The molecule has 0 spiro atoms. The predicted molar refractivity (Wildman–Crippen MR) is 99.8 cm³/mol. The van der Waals surface area contributed by atoms with Crippen LogP contribution in [-0.2, 0) is 21.7 Å². The van der Waals surface area contributed by atoms with Crippen LogP contribution in [0.3, 0.4) is 0 Å². The molecule has 0 aliphatic heterocycles. The van der Waals surface area contributed by atoms with Crippen molar-refractivity contribution in [1.29, 1.82) is 0 Å². The average Bonchev–Trinajstić information content (AvgIpc) is 3.27. The van der Waals surface area contributed by atoms with Gasteiger partial charge in [-0.25, -0.2) is 9.19 Å². The van der Waals surface area contributed by atoms with Crippen LogP contribution in [0.15, 0.2) is 63.7 Å². The summed E-state index contributed by atoms with van der Waals surface area (Å²) in [5.41, 5.74) is 2.02. The Balaban J connectivity index is 1.63. The first-order valence-electron chi connectivity index (χ1n) is 8.33. The highest BCUT2D eigenvalue weighted by Gasteiger charge is 2.38. The summed E-state index contributed by atoms with van der Waals surface area (Å²) >= 11 is 0. The van der Waals surface area contributed by atoms with Crippen molar-refractivity contribution in [2.45, 2.75) is 11.9 Å². The van der Waals surface area contributed by atoms with Gasteiger partial charge >= 0.3 is 12.1 Å². The Kier molecular flexibility index (Phi) is 4.61. The molecule has 3 heterocycles. The molecule has 4 aromatic rings. The molecule has 0 N–H and O–H groups in total. The van der Waals surface area contributed by atoms with Crippen molar-refractivity contribution in [3.63, 3.8) is 0 Å². The lowest BCUT2D eigenvalue weighted by atomic mass is 10.3. The van der Waals surface area contributed by atoms with E-state index in [9.17, 15) is 17.4 Å². The van der Waals surface area contributed by atoms with Gasteiger partial charge in [-0.1, -0.05) is 23.4 Å². The van der Waals surface area contributed by atoms with Crippen LogP contribution in [0.5, 0.6) is 0 Å². The zero-order valence-corrected chi connectivity index (χ0v) is 15.8. The molecular formula is C18H14F3N5O2S. The third kappa shape index (κ3) is 4.29. The maximum absolute atomic E-state index is 12.8. The summed E-state index contributed by atoms with van der Waals surface area (Å²) in [5.74, 6) is -1.47. The Morgan fingerprint density at radius 2 is 1.86 bits per heavy atom. The van der Waals surface area contributed by atoms with Crippen molar-refractivity contribution in [3.8, 4) is 11.4 Å². The van der Waals surface area contributed by atoms with Crippen LogP contribution in [0.4, 0.5) is 18.9 Å². The Bertz CT molecular complexity index is 1290. The van der Waals surface area contributed by atoms with E-state index in [1.54, 1.807) is 35.1 Å². The van der Waals surface area contributed by atoms with E-state index in [0.29, 0.717) is 22.6 Å². The van der Waals surface area contributed by atoms with Gasteiger partial charge in [0.15, 0.2) is 0 Å². The summed E-state index contributed by atoms with van der Waals surface area (Å²) in [5, 5.41) is 3.37. The topological polar surface area (TPSA) is 85.7 Å². The molecule has 0 amide bonds. The second-order valence-electron chi connectivity index (χ2n) is 6.37. The summed E-state index contributed by atoms with van der Waals surface area (Å²) in [6.07, 6.45) is 0.0183. The summed E-state index contributed by atoms with van der Waals surface area (Å²) in [7, 11) is -2.58. The Hall–Kier alpha value is -3.21. The van der Waals surface area contributed by atoms with Crippen molar-refractivity contribution in [1.82, 2.24) is 19.5 Å². The van der Waals surface area contributed by atoms with Crippen molar-refractivity contribution >= 4 is 21.1 Å². The SMILES string of the molecule is CS(=O)(Cc1cn2cc(-c3noc(C(F)(F)F)n3)ccc2n1)=Nc1ccccc1. The minimum Gasteiger partial charge on any atom is -0.329 e. The molecule has 0 bridgehead atoms. The Morgan fingerprint density at radius 1 is 1.10 bits per heavy atom. The first kappa shape index (κ1) is 19.1. The molecule has 1 atom stereocenters. The van der Waals surface area contributed by atoms with Gasteiger partial charge in [0.25, 0.3) is 0 Å². The van der Waals surface area contributed by atoms with Crippen LogP contribution in [0.1, 0.15) is 11.6 Å². The number of hydrogen-bond donors (Lipinski definition) is 0. The second-order valence-corrected chi connectivity index (χ2v) is 8.76. The summed E-state index contributed by atoms with van der Waals surface area (Å²) in [6.45, 7) is 0. The monoisotopic (exact) mass is 421 g/mol. The Labute approximate surface area is 163 Å². The van der Waals surface area contributed by atoms with Crippen LogP contribution in [0, 0.1) is 0 Å². The van der Waals surface area contributed by atoms with E-state index >= 15 is 0 Å². The molecule has 0 fully saturated rings. The van der Waals surface area contributed by atoms with Gasteiger partial charge in [0.1, 0.15) is 5.65 Å². The van der Waals surface area contributed by atoms with E-state index in [1.807, 2.05) is 18.2 Å². The zero-order valence-electron chi connectivity index (χ0n) is 15.0. The lowest BCUT2D eigenvalue weighted by Crippen LogP contribution is -2.04. The van der Waals surface area contributed by atoms with E-state index in [2.05, 4.69) is 24.0 Å². The quantitative estimate of drug-likeness (QED) is 0.490. The lowest BCUT2D eigenvalue weighted by molar-refractivity contribution is -0.159. The minimum absolute atomic E-state index is 0.124. The fourth-order valence-corrected chi connectivity index (χ4v) is 4.04.